The van der Waals surface area contributed by atoms with Crippen molar-refractivity contribution in [2.45, 2.75) is 4.90 Å². The summed E-state index contributed by atoms with van der Waals surface area (Å²) < 4.78 is 33.7. The molecule has 1 saturated heterocycles. The Morgan fingerprint density at radius 2 is 1.57 bits per heavy atom. The zero-order valence-electron chi connectivity index (χ0n) is 15.2. The molecule has 144 valence electrons. The number of morpholine rings is 1. The highest BCUT2D eigenvalue weighted by molar-refractivity contribution is 7.92. The molecular formula is C21H20N2O4S. The second-order valence-electron chi connectivity index (χ2n) is 6.56. The number of ether oxygens (including phenoxy) is 1. The summed E-state index contributed by atoms with van der Waals surface area (Å²) in [5, 5.41) is 1.80. The lowest BCUT2D eigenvalue weighted by Crippen LogP contribution is -2.41. The third-order valence-corrected chi connectivity index (χ3v) is 6.09. The summed E-state index contributed by atoms with van der Waals surface area (Å²) in [6.07, 6.45) is 0. The molecule has 0 aromatic heterocycles. The number of anilines is 1. The van der Waals surface area contributed by atoms with Crippen molar-refractivity contribution in [3.05, 3.63) is 72.3 Å². The smallest absolute Gasteiger partial charge is 0.261 e. The van der Waals surface area contributed by atoms with Crippen molar-refractivity contribution in [2.75, 3.05) is 31.0 Å². The first-order valence-corrected chi connectivity index (χ1v) is 10.5. The zero-order valence-corrected chi connectivity index (χ0v) is 16.0. The van der Waals surface area contributed by atoms with Gasteiger partial charge in [-0.15, -0.1) is 0 Å². The van der Waals surface area contributed by atoms with Crippen molar-refractivity contribution in [1.82, 2.24) is 4.90 Å². The molecule has 28 heavy (non-hydrogen) atoms. The molecule has 0 unspecified atom stereocenters. The summed E-state index contributed by atoms with van der Waals surface area (Å²) in [7, 11) is -3.84. The van der Waals surface area contributed by atoms with Crippen molar-refractivity contribution in [3.8, 4) is 0 Å². The van der Waals surface area contributed by atoms with Crippen LogP contribution in [0.15, 0.2) is 71.6 Å². The SMILES string of the molecule is O=C(c1ccccc1NS(=O)(=O)c1ccc2ccccc2c1)N1CCOCC1. The van der Waals surface area contributed by atoms with Crippen LogP contribution in [0.25, 0.3) is 10.8 Å². The molecule has 3 aromatic rings. The average molecular weight is 396 g/mol. The van der Waals surface area contributed by atoms with Crippen LogP contribution in [0.4, 0.5) is 5.69 Å². The van der Waals surface area contributed by atoms with Gasteiger partial charge in [0.15, 0.2) is 0 Å². The van der Waals surface area contributed by atoms with E-state index in [1.807, 2.05) is 24.3 Å². The molecule has 4 rings (SSSR count). The molecule has 1 aliphatic rings. The minimum absolute atomic E-state index is 0.153. The summed E-state index contributed by atoms with van der Waals surface area (Å²) in [5.41, 5.74) is 0.598. The minimum Gasteiger partial charge on any atom is -0.378 e. The highest BCUT2D eigenvalue weighted by atomic mass is 32.2. The zero-order chi connectivity index (χ0) is 19.6. The fourth-order valence-corrected chi connectivity index (χ4v) is 4.35. The molecule has 0 bridgehead atoms. The Labute approximate surface area is 163 Å². The highest BCUT2D eigenvalue weighted by Crippen LogP contribution is 2.24. The third-order valence-electron chi connectivity index (χ3n) is 4.73. The fraction of sp³-hybridized carbons (Fsp3) is 0.190. The van der Waals surface area contributed by atoms with Crippen LogP contribution in [0.1, 0.15) is 10.4 Å². The van der Waals surface area contributed by atoms with Crippen molar-refractivity contribution in [3.63, 3.8) is 0 Å². The second-order valence-corrected chi connectivity index (χ2v) is 8.25. The first-order valence-electron chi connectivity index (χ1n) is 9.02. The van der Waals surface area contributed by atoms with Gasteiger partial charge in [-0.05, 0) is 35.0 Å². The maximum absolute atomic E-state index is 12.9. The number of sulfonamides is 1. The van der Waals surface area contributed by atoms with Gasteiger partial charge in [0, 0.05) is 13.1 Å². The number of nitrogens with one attached hydrogen (secondary N) is 1. The van der Waals surface area contributed by atoms with E-state index in [4.69, 9.17) is 4.74 Å². The summed E-state index contributed by atoms with van der Waals surface area (Å²) in [5.74, 6) is -0.208. The predicted octanol–water partition coefficient (Wildman–Crippen LogP) is 3.11. The van der Waals surface area contributed by atoms with Crippen molar-refractivity contribution in [1.29, 1.82) is 0 Å². The molecular weight excluding hydrogens is 376 g/mol. The summed E-state index contributed by atoms with van der Waals surface area (Å²) in [6, 6.07) is 19.2. The van der Waals surface area contributed by atoms with E-state index in [9.17, 15) is 13.2 Å². The predicted molar refractivity (Wildman–Crippen MR) is 108 cm³/mol. The average Bonchev–Trinajstić information content (AvgIpc) is 2.73. The van der Waals surface area contributed by atoms with Gasteiger partial charge < -0.3 is 9.64 Å². The van der Waals surface area contributed by atoms with Gasteiger partial charge in [0.1, 0.15) is 0 Å². The van der Waals surface area contributed by atoms with Gasteiger partial charge in [-0.1, -0.05) is 42.5 Å². The Balaban J connectivity index is 1.65. The molecule has 1 heterocycles. The van der Waals surface area contributed by atoms with Gasteiger partial charge >= 0.3 is 0 Å². The number of hydrogen-bond acceptors (Lipinski definition) is 4. The second kappa shape index (κ2) is 7.61. The van der Waals surface area contributed by atoms with Crippen LogP contribution in [0.5, 0.6) is 0 Å². The van der Waals surface area contributed by atoms with E-state index in [-0.39, 0.29) is 16.5 Å². The van der Waals surface area contributed by atoms with Crippen molar-refractivity contribution >= 4 is 32.4 Å². The van der Waals surface area contributed by atoms with Gasteiger partial charge in [-0.3, -0.25) is 9.52 Å². The molecule has 0 spiro atoms. The first kappa shape index (κ1) is 18.5. The molecule has 1 fully saturated rings. The molecule has 0 radical (unpaired) electrons. The van der Waals surface area contributed by atoms with Crippen molar-refractivity contribution in [2.24, 2.45) is 0 Å². The quantitative estimate of drug-likeness (QED) is 0.735. The van der Waals surface area contributed by atoms with E-state index in [1.165, 1.54) is 0 Å². The molecule has 3 aromatic carbocycles. The van der Waals surface area contributed by atoms with Crippen LogP contribution in [-0.4, -0.2) is 45.5 Å². The standard InChI is InChI=1S/C21H20N2O4S/c24-21(23-11-13-27-14-12-23)19-7-3-4-8-20(19)22-28(25,26)18-10-9-16-5-1-2-6-17(16)15-18/h1-10,15,22H,11-14H2. The van der Waals surface area contributed by atoms with Crippen LogP contribution in [0.3, 0.4) is 0 Å². The summed E-state index contributed by atoms with van der Waals surface area (Å²) in [6.45, 7) is 1.95. The Morgan fingerprint density at radius 1 is 0.893 bits per heavy atom. The monoisotopic (exact) mass is 396 g/mol. The fourth-order valence-electron chi connectivity index (χ4n) is 3.23. The lowest BCUT2D eigenvalue weighted by Gasteiger charge is -2.27. The molecule has 6 nitrogen and oxygen atoms in total. The number of amides is 1. The maximum atomic E-state index is 12.9. The number of carbonyl (C=O) groups excluding carboxylic acids is 1. The van der Waals surface area contributed by atoms with Gasteiger partial charge in [0.25, 0.3) is 15.9 Å². The normalized spacial score (nSPS) is 14.8. The van der Waals surface area contributed by atoms with Crippen LogP contribution >= 0.6 is 0 Å². The summed E-state index contributed by atoms with van der Waals surface area (Å²) >= 11 is 0. The van der Waals surface area contributed by atoms with E-state index in [0.29, 0.717) is 31.9 Å². The van der Waals surface area contributed by atoms with Gasteiger partial charge in [0.2, 0.25) is 0 Å². The highest BCUT2D eigenvalue weighted by Gasteiger charge is 2.23. The number of fused-ring (bicyclic) bond motifs is 1. The Bertz CT molecular complexity index is 1120. The third kappa shape index (κ3) is 3.72. The minimum atomic E-state index is -3.84. The van der Waals surface area contributed by atoms with E-state index in [2.05, 4.69) is 4.72 Å². The number of carbonyl (C=O) groups is 1. The molecule has 1 aliphatic heterocycles. The Morgan fingerprint density at radius 3 is 2.36 bits per heavy atom. The molecule has 7 heteroatoms. The van der Waals surface area contributed by atoms with Crippen LogP contribution in [0.2, 0.25) is 0 Å². The maximum Gasteiger partial charge on any atom is 0.261 e. The topological polar surface area (TPSA) is 75.7 Å². The molecule has 1 amide bonds. The number of para-hydroxylation sites is 1. The lowest BCUT2D eigenvalue weighted by molar-refractivity contribution is 0.0303. The van der Waals surface area contributed by atoms with Gasteiger partial charge in [0.05, 0.1) is 29.4 Å². The Hall–Kier alpha value is -2.90. The first-order chi connectivity index (χ1) is 13.5. The number of hydrogen-bond donors (Lipinski definition) is 1. The van der Waals surface area contributed by atoms with Crippen molar-refractivity contribution < 1.29 is 17.9 Å². The van der Waals surface area contributed by atoms with Crippen LogP contribution < -0.4 is 4.72 Å². The molecule has 0 saturated carbocycles. The summed E-state index contributed by atoms with van der Waals surface area (Å²) in [4.78, 5) is 14.7. The van der Waals surface area contributed by atoms with Crippen LogP contribution in [0, 0.1) is 0 Å². The number of benzene rings is 3. The van der Waals surface area contributed by atoms with E-state index < -0.39 is 10.0 Å². The number of nitrogens with zero attached hydrogens (tertiary/aromatic N) is 1. The largest absolute Gasteiger partial charge is 0.378 e. The van der Waals surface area contributed by atoms with Crippen LogP contribution in [-0.2, 0) is 14.8 Å². The molecule has 0 atom stereocenters. The van der Waals surface area contributed by atoms with Gasteiger partial charge in [-0.2, -0.15) is 0 Å². The molecule has 1 N–H and O–H groups in total. The van der Waals surface area contributed by atoms with E-state index >= 15 is 0 Å². The van der Waals surface area contributed by atoms with Gasteiger partial charge in [-0.25, -0.2) is 8.42 Å². The van der Waals surface area contributed by atoms with E-state index in [0.717, 1.165) is 10.8 Å². The molecule has 0 aliphatic carbocycles. The number of rotatable bonds is 4. The Kier molecular flexibility index (Phi) is 5.02. The lowest BCUT2D eigenvalue weighted by atomic mass is 10.1. The van der Waals surface area contributed by atoms with E-state index in [1.54, 1.807) is 47.4 Å².